The van der Waals surface area contributed by atoms with Gasteiger partial charge in [0.05, 0.1) is 10.6 Å². The number of fused-ring (bicyclic) bond motifs is 1. The van der Waals surface area contributed by atoms with Crippen LogP contribution in [0.2, 0.25) is 0 Å². The van der Waals surface area contributed by atoms with Gasteiger partial charge in [0.1, 0.15) is 0 Å². The summed E-state index contributed by atoms with van der Waals surface area (Å²) in [4.78, 5) is 12.2. The third-order valence-electron chi connectivity index (χ3n) is 4.10. The van der Waals surface area contributed by atoms with Crippen molar-refractivity contribution in [3.63, 3.8) is 0 Å². The molecule has 0 spiro atoms. The molecule has 134 valence electrons. The third-order valence-corrected chi connectivity index (χ3v) is 5.23. The summed E-state index contributed by atoms with van der Waals surface area (Å²) in [6.07, 6.45) is 1.19. The topological polar surface area (TPSA) is 75.3 Å². The molecule has 0 aliphatic rings. The Hall–Kier alpha value is -2.86. The summed E-state index contributed by atoms with van der Waals surface area (Å²) in [5, 5.41) is 7.48. The lowest BCUT2D eigenvalue weighted by atomic mass is 9.97. The zero-order valence-corrected chi connectivity index (χ0v) is 15.4. The van der Waals surface area contributed by atoms with E-state index in [9.17, 15) is 13.2 Å². The SMILES string of the molecule is CCNC(=O)Nc1ccc(-c2ccc(S(C)(=O)=O)cc2)c2ccccc12. The van der Waals surface area contributed by atoms with Crippen LogP contribution in [0.4, 0.5) is 10.5 Å². The van der Waals surface area contributed by atoms with Gasteiger partial charge in [-0.05, 0) is 41.6 Å². The van der Waals surface area contributed by atoms with Crippen LogP contribution in [0.15, 0.2) is 65.6 Å². The summed E-state index contributed by atoms with van der Waals surface area (Å²) in [6, 6.07) is 18.2. The van der Waals surface area contributed by atoms with Crippen LogP contribution in [0.25, 0.3) is 21.9 Å². The fourth-order valence-electron chi connectivity index (χ4n) is 2.87. The lowest BCUT2D eigenvalue weighted by molar-refractivity contribution is 0.252. The molecule has 0 atom stereocenters. The first-order chi connectivity index (χ1) is 12.4. The van der Waals surface area contributed by atoms with Gasteiger partial charge in [0.2, 0.25) is 0 Å². The Morgan fingerprint density at radius 3 is 2.19 bits per heavy atom. The Balaban J connectivity index is 2.07. The molecule has 3 aromatic rings. The fraction of sp³-hybridized carbons (Fsp3) is 0.150. The van der Waals surface area contributed by atoms with Gasteiger partial charge in [-0.15, -0.1) is 0 Å². The number of carbonyl (C=O) groups is 1. The largest absolute Gasteiger partial charge is 0.338 e. The maximum Gasteiger partial charge on any atom is 0.319 e. The monoisotopic (exact) mass is 368 g/mol. The van der Waals surface area contributed by atoms with Crippen LogP contribution in [-0.2, 0) is 9.84 Å². The van der Waals surface area contributed by atoms with E-state index in [-0.39, 0.29) is 6.03 Å². The molecule has 3 aromatic carbocycles. The first-order valence-electron chi connectivity index (χ1n) is 8.27. The van der Waals surface area contributed by atoms with Crippen molar-refractivity contribution in [1.82, 2.24) is 5.32 Å². The van der Waals surface area contributed by atoms with Gasteiger partial charge in [0.15, 0.2) is 9.84 Å². The minimum Gasteiger partial charge on any atom is -0.338 e. The molecule has 3 rings (SSSR count). The first-order valence-corrected chi connectivity index (χ1v) is 10.2. The normalized spacial score (nSPS) is 11.3. The van der Waals surface area contributed by atoms with Crippen LogP contribution < -0.4 is 10.6 Å². The zero-order valence-electron chi connectivity index (χ0n) is 14.6. The number of rotatable bonds is 4. The lowest BCUT2D eigenvalue weighted by Gasteiger charge is -2.13. The molecule has 0 heterocycles. The minimum absolute atomic E-state index is 0.247. The number of amides is 2. The Labute approximate surface area is 153 Å². The molecule has 2 amide bonds. The maximum absolute atomic E-state index is 11.9. The molecule has 0 fully saturated rings. The number of hydrogen-bond donors (Lipinski definition) is 2. The Morgan fingerprint density at radius 1 is 0.923 bits per heavy atom. The highest BCUT2D eigenvalue weighted by Crippen LogP contribution is 2.33. The van der Waals surface area contributed by atoms with Gasteiger partial charge in [-0.2, -0.15) is 0 Å². The van der Waals surface area contributed by atoms with Crippen molar-refractivity contribution >= 4 is 32.3 Å². The van der Waals surface area contributed by atoms with Gasteiger partial charge >= 0.3 is 6.03 Å². The maximum atomic E-state index is 11.9. The van der Waals surface area contributed by atoms with E-state index >= 15 is 0 Å². The molecular weight excluding hydrogens is 348 g/mol. The molecule has 0 aromatic heterocycles. The van der Waals surface area contributed by atoms with Crippen molar-refractivity contribution in [1.29, 1.82) is 0 Å². The third kappa shape index (κ3) is 3.70. The van der Waals surface area contributed by atoms with Crippen LogP contribution in [0.1, 0.15) is 6.92 Å². The second-order valence-corrected chi connectivity index (χ2v) is 8.00. The highest BCUT2D eigenvalue weighted by molar-refractivity contribution is 7.90. The van der Waals surface area contributed by atoms with Gasteiger partial charge in [-0.25, -0.2) is 13.2 Å². The molecule has 0 radical (unpaired) electrons. The minimum atomic E-state index is -3.22. The molecule has 0 aliphatic carbocycles. The van der Waals surface area contributed by atoms with Crippen molar-refractivity contribution < 1.29 is 13.2 Å². The van der Waals surface area contributed by atoms with Crippen LogP contribution in [0.5, 0.6) is 0 Å². The van der Waals surface area contributed by atoms with Gasteiger partial charge in [-0.1, -0.05) is 42.5 Å². The van der Waals surface area contributed by atoms with Crippen molar-refractivity contribution in [3.8, 4) is 11.1 Å². The number of anilines is 1. The predicted molar refractivity (Wildman–Crippen MR) is 105 cm³/mol. The summed E-state index contributed by atoms with van der Waals surface area (Å²) in [6.45, 7) is 2.41. The molecule has 6 heteroatoms. The molecule has 26 heavy (non-hydrogen) atoms. The Morgan fingerprint density at radius 2 is 1.58 bits per heavy atom. The Bertz CT molecular complexity index is 1060. The highest BCUT2D eigenvalue weighted by Gasteiger charge is 2.11. The van der Waals surface area contributed by atoms with Gasteiger partial charge in [-0.3, -0.25) is 0 Å². The van der Waals surface area contributed by atoms with Crippen molar-refractivity contribution in [2.24, 2.45) is 0 Å². The standard InChI is InChI=1S/C20H20N2O3S/c1-3-21-20(23)22-19-13-12-16(17-6-4-5-7-18(17)19)14-8-10-15(11-9-14)26(2,24)25/h4-13H,3H2,1-2H3,(H2,21,22,23). The molecule has 0 unspecified atom stereocenters. The van der Waals surface area contributed by atoms with Crippen LogP contribution in [-0.4, -0.2) is 27.2 Å². The molecule has 0 aliphatic heterocycles. The van der Waals surface area contributed by atoms with E-state index in [1.807, 2.05) is 43.3 Å². The van der Waals surface area contributed by atoms with E-state index in [1.165, 1.54) is 6.26 Å². The predicted octanol–water partition coefficient (Wildman–Crippen LogP) is 4.05. The first kappa shape index (κ1) is 17.9. The van der Waals surface area contributed by atoms with Crippen LogP contribution in [0.3, 0.4) is 0 Å². The summed E-state index contributed by atoms with van der Waals surface area (Å²) >= 11 is 0. The van der Waals surface area contributed by atoms with E-state index in [2.05, 4.69) is 10.6 Å². The molecule has 0 saturated heterocycles. The number of urea groups is 1. The van der Waals surface area contributed by atoms with Gasteiger partial charge < -0.3 is 10.6 Å². The van der Waals surface area contributed by atoms with E-state index in [4.69, 9.17) is 0 Å². The average molecular weight is 368 g/mol. The summed E-state index contributed by atoms with van der Waals surface area (Å²) in [5.41, 5.74) is 2.61. The van der Waals surface area contributed by atoms with Crippen molar-refractivity contribution in [3.05, 3.63) is 60.7 Å². The molecule has 0 bridgehead atoms. The number of benzene rings is 3. The van der Waals surface area contributed by atoms with E-state index in [0.29, 0.717) is 11.4 Å². The summed E-state index contributed by atoms with van der Waals surface area (Å²) < 4.78 is 23.3. The number of sulfone groups is 1. The molecular formula is C20H20N2O3S. The van der Waals surface area contributed by atoms with E-state index in [1.54, 1.807) is 24.3 Å². The highest BCUT2D eigenvalue weighted by atomic mass is 32.2. The van der Waals surface area contributed by atoms with Gasteiger partial charge in [0, 0.05) is 18.2 Å². The van der Waals surface area contributed by atoms with Crippen LogP contribution >= 0.6 is 0 Å². The Kier molecular flexibility index (Phi) is 4.95. The summed E-state index contributed by atoms with van der Waals surface area (Å²) in [5.74, 6) is 0. The fourth-order valence-corrected chi connectivity index (χ4v) is 3.50. The van der Waals surface area contributed by atoms with Crippen LogP contribution in [0, 0.1) is 0 Å². The lowest BCUT2D eigenvalue weighted by Crippen LogP contribution is -2.28. The van der Waals surface area contributed by atoms with Crippen molar-refractivity contribution in [2.45, 2.75) is 11.8 Å². The van der Waals surface area contributed by atoms with E-state index in [0.717, 1.165) is 27.6 Å². The number of nitrogens with one attached hydrogen (secondary N) is 2. The molecule has 0 saturated carbocycles. The molecule has 5 nitrogen and oxygen atoms in total. The average Bonchev–Trinajstić information content (AvgIpc) is 2.62. The zero-order chi connectivity index (χ0) is 18.7. The van der Waals surface area contributed by atoms with Gasteiger partial charge in [0.25, 0.3) is 0 Å². The summed E-state index contributed by atoms with van der Waals surface area (Å²) in [7, 11) is -3.22. The second-order valence-electron chi connectivity index (χ2n) is 5.99. The second kappa shape index (κ2) is 7.17. The quantitative estimate of drug-likeness (QED) is 0.729. The van der Waals surface area contributed by atoms with Crippen molar-refractivity contribution in [2.75, 3.05) is 18.1 Å². The number of carbonyl (C=O) groups excluding carboxylic acids is 1. The number of hydrogen-bond acceptors (Lipinski definition) is 3. The van der Waals surface area contributed by atoms with E-state index < -0.39 is 9.84 Å². The smallest absolute Gasteiger partial charge is 0.319 e. The molecule has 2 N–H and O–H groups in total.